The second-order valence-electron chi connectivity index (χ2n) is 5.39. The Bertz CT molecular complexity index is 495. The molecule has 8 heteroatoms. The summed E-state index contributed by atoms with van der Waals surface area (Å²) in [6.07, 6.45) is 4.68. The molecule has 0 aromatic heterocycles. The normalized spacial score (nSPS) is 17.9. The van der Waals surface area contributed by atoms with Gasteiger partial charge in [0, 0.05) is 6.08 Å². The SMILES string of the molecule is C[N+](C)(C)CC(OP(=O)(O)O)C1=CCC(=[N+]=[N-])C=C1. The number of phosphoric acid groups is 1. The molecule has 0 spiro atoms. The highest BCUT2D eigenvalue weighted by molar-refractivity contribution is 7.46. The Morgan fingerprint density at radius 2 is 2.11 bits per heavy atom. The van der Waals surface area contributed by atoms with Gasteiger partial charge < -0.3 is 19.8 Å². The number of phosphoric ester groups is 1. The van der Waals surface area contributed by atoms with Crippen molar-refractivity contribution in [1.29, 1.82) is 0 Å². The first-order valence-corrected chi connectivity index (χ1v) is 7.27. The minimum Gasteiger partial charge on any atom is -0.361 e. The summed E-state index contributed by atoms with van der Waals surface area (Å²) in [5.74, 6) is 0. The van der Waals surface area contributed by atoms with Gasteiger partial charge in [0.25, 0.3) is 5.71 Å². The first-order chi connectivity index (χ1) is 8.61. The highest BCUT2D eigenvalue weighted by atomic mass is 31.2. The van der Waals surface area contributed by atoms with Gasteiger partial charge in [0.05, 0.1) is 27.6 Å². The second kappa shape index (κ2) is 5.92. The molecular weight excluding hydrogens is 269 g/mol. The Balaban J connectivity index is 2.92. The maximum atomic E-state index is 11.0. The van der Waals surface area contributed by atoms with E-state index in [0.717, 1.165) is 0 Å². The smallest absolute Gasteiger partial charge is 0.361 e. The largest absolute Gasteiger partial charge is 0.470 e. The lowest BCUT2D eigenvalue weighted by atomic mass is 10.0. The fourth-order valence-corrected chi connectivity index (χ4v) is 2.25. The molecule has 106 valence electrons. The van der Waals surface area contributed by atoms with Crippen molar-refractivity contribution in [2.24, 2.45) is 0 Å². The van der Waals surface area contributed by atoms with E-state index in [0.29, 0.717) is 28.7 Å². The summed E-state index contributed by atoms with van der Waals surface area (Å²) < 4.78 is 16.4. The molecule has 19 heavy (non-hydrogen) atoms. The first kappa shape index (κ1) is 16.0. The lowest BCUT2D eigenvalue weighted by Gasteiger charge is -2.30. The summed E-state index contributed by atoms with van der Waals surface area (Å²) >= 11 is 0. The number of hydrogen-bond acceptors (Lipinski definition) is 2. The third-order valence-electron chi connectivity index (χ3n) is 2.49. The van der Waals surface area contributed by atoms with Crippen LogP contribution in [0.1, 0.15) is 6.42 Å². The van der Waals surface area contributed by atoms with Gasteiger partial charge >= 0.3 is 7.82 Å². The van der Waals surface area contributed by atoms with Gasteiger partial charge in [0.2, 0.25) is 0 Å². The average molecular weight is 288 g/mol. The molecule has 1 aliphatic carbocycles. The van der Waals surface area contributed by atoms with Crippen molar-refractivity contribution in [3.63, 3.8) is 0 Å². The Morgan fingerprint density at radius 3 is 2.47 bits per heavy atom. The summed E-state index contributed by atoms with van der Waals surface area (Å²) in [5, 5.41) is 0. The predicted molar refractivity (Wildman–Crippen MR) is 70.3 cm³/mol. The molecular formula is C11H19N3O4P+. The van der Waals surface area contributed by atoms with E-state index in [9.17, 15) is 4.57 Å². The van der Waals surface area contributed by atoms with Crippen LogP contribution in [-0.2, 0) is 9.09 Å². The van der Waals surface area contributed by atoms with Crippen molar-refractivity contribution in [2.45, 2.75) is 12.5 Å². The van der Waals surface area contributed by atoms with Gasteiger partial charge in [-0.1, -0.05) is 6.08 Å². The van der Waals surface area contributed by atoms with Gasteiger partial charge in [-0.15, -0.1) is 0 Å². The van der Waals surface area contributed by atoms with Crippen LogP contribution in [0.5, 0.6) is 0 Å². The molecule has 0 radical (unpaired) electrons. The minimum atomic E-state index is -4.56. The summed E-state index contributed by atoms with van der Waals surface area (Å²) in [7, 11) is 1.16. The molecule has 0 bridgehead atoms. The first-order valence-electron chi connectivity index (χ1n) is 5.74. The van der Waals surface area contributed by atoms with Crippen LogP contribution in [0.25, 0.3) is 5.53 Å². The molecule has 2 N–H and O–H groups in total. The van der Waals surface area contributed by atoms with E-state index in [-0.39, 0.29) is 0 Å². The van der Waals surface area contributed by atoms with Gasteiger partial charge in [-0.3, -0.25) is 4.52 Å². The molecule has 1 atom stereocenters. The maximum Gasteiger partial charge on any atom is 0.470 e. The van der Waals surface area contributed by atoms with Crippen LogP contribution in [0.2, 0.25) is 0 Å². The van der Waals surface area contributed by atoms with Crippen molar-refractivity contribution >= 4 is 13.5 Å². The number of nitrogens with zero attached hydrogens (tertiary/aromatic N) is 3. The van der Waals surface area contributed by atoms with Crippen LogP contribution in [-0.4, -0.2) is 58.6 Å². The van der Waals surface area contributed by atoms with E-state index >= 15 is 0 Å². The standard InChI is InChI=1S/C11H18N3O4P/c1-14(2,3)8-11(18-19(15,16)17)9-4-6-10(13-12)7-5-9/h4-6,11H,7-8H2,1-3H3,(H-,15,16,17)/p+1. The fourth-order valence-electron chi connectivity index (χ4n) is 1.73. The lowest BCUT2D eigenvalue weighted by molar-refractivity contribution is -0.872. The zero-order valence-corrected chi connectivity index (χ0v) is 12.1. The Hall–Kier alpha value is -1.07. The third kappa shape index (κ3) is 6.07. The zero-order chi connectivity index (χ0) is 14.7. The predicted octanol–water partition coefficient (Wildman–Crippen LogP) is 0.728. The highest BCUT2D eigenvalue weighted by Crippen LogP contribution is 2.40. The van der Waals surface area contributed by atoms with Gasteiger partial charge in [-0.25, -0.2) is 4.57 Å². The van der Waals surface area contributed by atoms with Crippen LogP contribution >= 0.6 is 7.82 Å². The van der Waals surface area contributed by atoms with Crippen LogP contribution < -0.4 is 0 Å². The summed E-state index contributed by atoms with van der Waals surface area (Å²) in [4.78, 5) is 21.0. The topological polar surface area (TPSA) is 103 Å². The average Bonchev–Trinajstić information content (AvgIpc) is 2.24. The molecule has 7 nitrogen and oxygen atoms in total. The van der Waals surface area contributed by atoms with E-state index in [4.69, 9.17) is 19.8 Å². The molecule has 0 fully saturated rings. The Morgan fingerprint density at radius 1 is 1.47 bits per heavy atom. The minimum absolute atomic E-state index is 0.403. The summed E-state index contributed by atoms with van der Waals surface area (Å²) in [5.41, 5.74) is 9.80. The molecule has 0 aromatic carbocycles. The van der Waals surface area contributed by atoms with Crippen LogP contribution in [0.15, 0.2) is 23.8 Å². The van der Waals surface area contributed by atoms with E-state index in [1.807, 2.05) is 21.1 Å². The zero-order valence-electron chi connectivity index (χ0n) is 11.2. The molecule has 0 amide bonds. The number of rotatable bonds is 5. The fraction of sp³-hybridized carbons (Fsp3) is 0.545. The van der Waals surface area contributed by atoms with Crippen molar-refractivity contribution in [2.75, 3.05) is 27.7 Å². The van der Waals surface area contributed by atoms with Gasteiger partial charge in [0.15, 0.2) is 0 Å². The highest BCUT2D eigenvalue weighted by Gasteiger charge is 2.30. The monoisotopic (exact) mass is 288 g/mol. The van der Waals surface area contributed by atoms with Crippen molar-refractivity contribution in [3.05, 3.63) is 29.3 Å². The van der Waals surface area contributed by atoms with Crippen LogP contribution in [0.4, 0.5) is 0 Å². The number of likely N-dealkylation sites (N-methyl/N-ethyl adjacent to an activating group) is 1. The number of allylic oxidation sites excluding steroid dienone is 2. The molecule has 0 aromatic rings. The van der Waals surface area contributed by atoms with E-state index in [1.54, 1.807) is 18.2 Å². The lowest BCUT2D eigenvalue weighted by Crippen LogP contribution is -2.42. The molecule has 1 unspecified atom stereocenters. The maximum absolute atomic E-state index is 11.0. The van der Waals surface area contributed by atoms with Crippen LogP contribution in [0, 0.1) is 0 Å². The Kier molecular flexibility index (Phi) is 4.98. The molecule has 0 saturated carbocycles. The molecule has 0 heterocycles. The van der Waals surface area contributed by atoms with Gasteiger partial charge in [-0.05, 0) is 11.6 Å². The van der Waals surface area contributed by atoms with Crippen LogP contribution in [0.3, 0.4) is 0 Å². The second-order valence-corrected chi connectivity index (χ2v) is 6.58. The number of hydrogen-bond donors (Lipinski definition) is 2. The molecule has 1 rings (SSSR count). The van der Waals surface area contributed by atoms with Crippen molar-refractivity contribution < 1.29 is 28.1 Å². The molecule has 0 saturated heterocycles. The molecule has 0 aliphatic heterocycles. The quantitative estimate of drug-likeness (QED) is 0.337. The van der Waals surface area contributed by atoms with E-state index in [2.05, 4.69) is 4.79 Å². The van der Waals surface area contributed by atoms with E-state index < -0.39 is 13.9 Å². The van der Waals surface area contributed by atoms with Crippen molar-refractivity contribution in [3.8, 4) is 0 Å². The third-order valence-corrected chi connectivity index (χ3v) is 3.02. The van der Waals surface area contributed by atoms with Gasteiger partial charge in [-0.2, -0.15) is 4.79 Å². The number of quaternary nitrogens is 1. The molecule has 1 aliphatic rings. The van der Waals surface area contributed by atoms with E-state index in [1.165, 1.54) is 0 Å². The van der Waals surface area contributed by atoms with Crippen molar-refractivity contribution in [1.82, 2.24) is 0 Å². The summed E-state index contributed by atoms with van der Waals surface area (Å²) in [6.45, 7) is 0.410. The Labute approximate surface area is 112 Å². The van der Waals surface area contributed by atoms with Gasteiger partial charge in [0.1, 0.15) is 12.6 Å². The summed E-state index contributed by atoms with van der Waals surface area (Å²) in [6, 6.07) is 0.